The van der Waals surface area contributed by atoms with Gasteiger partial charge in [-0.2, -0.15) is 0 Å². The van der Waals surface area contributed by atoms with Crippen LogP contribution in [0.15, 0.2) is 0 Å². The van der Waals surface area contributed by atoms with Crippen LogP contribution in [0.5, 0.6) is 0 Å². The van der Waals surface area contributed by atoms with Gasteiger partial charge in [-0.3, -0.25) is 4.90 Å². The van der Waals surface area contributed by atoms with E-state index in [-0.39, 0.29) is 0 Å². The summed E-state index contributed by atoms with van der Waals surface area (Å²) in [5.74, 6) is 0. The first-order chi connectivity index (χ1) is 10.2. The number of nitrogens with one attached hydrogen (secondary N) is 1. The van der Waals surface area contributed by atoms with Crippen molar-refractivity contribution in [3.8, 4) is 0 Å². The summed E-state index contributed by atoms with van der Waals surface area (Å²) < 4.78 is 0. The Hall–Kier alpha value is -0.0800. The number of nitrogens with zero attached hydrogens (tertiary/aromatic N) is 1. The highest BCUT2D eigenvalue weighted by Gasteiger charge is 2.47. The molecule has 1 spiro atoms. The van der Waals surface area contributed by atoms with Crippen LogP contribution in [-0.2, 0) is 0 Å². The average molecular weight is 293 g/mol. The van der Waals surface area contributed by atoms with E-state index in [1.54, 1.807) is 0 Å². The minimum absolute atomic E-state index is 0.523. The topological polar surface area (TPSA) is 15.3 Å². The van der Waals surface area contributed by atoms with Crippen LogP contribution in [0, 0.1) is 5.41 Å². The van der Waals surface area contributed by atoms with Crippen LogP contribution in [-0.4, -0.2) is 36.1 Å². The maximum Gasteiger partial charge on any atom is 0.0196 e. The lowest BCUT2D eigenvalue weighted by molar-refractivity contribution is -0.0640. The van der Waals surface area contributed by atoms with Gasteiger partial charge in [0, 0.05) is 24.7 Å². The number of likely N-dealkylation sites (tertiary alicyclic amines) is 1. The standard InChI is InChI=1S/C19H36N2/c1-3-9-18(10-4-2)15-21(16-18)17-8-13-20-19(14-17)11-6-5-7-12-19/h17,20H,3-16H2,1-2H3. The molecular formula is C19H36N2. The van der Waals surface area contributed by atoms with Gasteiger partial charge in [0.25, 0.3) is 0 Å². The smallest absolute Gasteiger partial charge is 0.0196 e. The molecule has 1 unspecified atom stereocenters. The number of hydrogen-bond donors (Lipinski definition) is 1. The van der Waals surface area contributed by atoms with E-state index < -0.39 is 0 Å². The van der Waals surface area contributed by atoms with E-state index in [9.17, 15) is 0 Å². The summed E-state index contributed by atoms with van der Waals surface area (Å²) in [7, 11) is 0. The monoisotopic (exact) mass is 292 g/mol. The zero-order chi connectivity index (χ0) is 14.8. The van der Waals surface area contributed by atoms with Gasteiger partial charge in [0.15, 0.2) is 0 Å². The SMILES string of the molecule is CCCC1(CCC)CN(C2CCNC3(CCCCC3)C2)C1. The molecular weight excluding hydrogens is 256 g/mol. The molecule has 1 N–H and O–H groups in total. The minimum Gasteiger partial charge on any atom is -0.311 e. The first kappa shape index (κ1) is 15.8. The van der Waals surface area contributed by atoms with Gasteiger partial charge >= 0.3 is 0 Å². The first-order valence-corrected chi connectivity index (χ1v) is 9.70. The van der Waals surface area contributed by atoms with Crippen molar-refractivity contribution in [1.82, 2.24) is 10.2 Å². The van der Waals surface area contributed by atoms with Crippen LogP contribution in [0.4, 0.5) is 0 Å². The Labute approximate surface area is 132 Å². The third kappa shape index (κ3) is 3.32. The van der Waals surface area contributed by atoms with E-state index in [0.29, 0.717) is 11.0 Å². The normalized spacial score (nSPS) is 32.0. The van der Waals surface area contributed by atoms with Crippen LogP contribution in [0.2, 0.25) is 0 Å². The molecule has 21 heavy (non-hydrogen) atoms. The van der Waals surface area contributed by atoms with E-state index in [4.69, 9.17) is 0 Å². The lowest BCUT2D eigenvalue weighted by Gasteiger charge is -2.57. The molecule has 0 aromatic rings. The molecule has 2 nitrogen and oxygen atoms in total. The molecule has 0 amide bonds. The molecule has 0 aromatic heterocycles. The van der Waals surface area contributed by atoms with Crippen molar-refractivity contribution < 1.29 is 0 Å². The molecule has 1 atom stereocenters. The van der Waals surface area contributed by atoms with E-state index in [2.05, 4.69) is 24.1 Å². The molecule has 3 aliphatic rings. The minimum atomic E-state index is 0.523. The van der Waals surface area contributed by atoms with Crippen LogP contribution >= 0.6 is 0 Å². The molecule has 2 heteroatoms. The van der Waals surface area contributed by atoms with Crippen LogP contribution < -0.4 is 5.32 Å². The molecule has 2 heterocycles. The summed E-state index contributed by atoms with van der Waals surface area (Å²) in [6.07, 6.45) is 15.7. The number of rotatable bonds is 5. The second kappa shape index (κ2) is 6.58. The van der Waals surface area contributed by atoms with E-state index in [0.717, 1.165) is 6.04 Å². The molecule has 3 fully saturated rings. The quantitative estimate of drug-likeness (QED) is 0.810. The highest BCUT2D eigenvalue weighted by molar-refractivity contribution is 5.03. The molecule has 0 radical (unpaired) electrons. The Kier molecular flexibility index (Phi) is 4.95. The van der Waals surface area contributed by atoms with Crippen molar-refractivity contribution in [2.45, 2.75) is 96.1 Å². The van der Waals surface area contributed by atoms with Crippen molar-refractivity contribution in [2.75, 3.05) is 19.6 Å². The summed E-state index contributed by atoms with van der Waals surface area (Å²) in [6, 6.07) is 0.881. The van der Waals surface area contributed by atoms with Gasteiger partial charge in [-0.25, -0.2) is 0 Å². The Balaban J connectivity index is 1.56. The third-order valence-corrected chi connectivity index (χ3v) is 6.57. The summed E-state index contributed by atoms with van der Waals surface area (Å²) in [6.45, 7) is 8.78. The van der Waals surface area contributed by atoms with Crippen molar-refractivity contribution >= 4 is 0 Å². The zero-order valence-corrected chi connectivity index (χ0v) is 14.4. The Morgan fingerprint density at radius 3 is 2.29 bits per heavy atom. The van der Waals surface area contributed by atoms with Crippen molar-refractivity contribution in [3.05, 3.63) is 0 Å². The van der Waals surface area contributed by atoms with Crippen LogP contribution in [0.3, 0.4) is 0 Å². The predicted molar refractivity (Wildman–Crippen MR) is 90.7 cm³/mol. The fourth-order valence-corrected chi connectivity index (χ4v) is 5.63. The number of hydrogen-bond acceptors (Lipinski definition) is 2. The van der Waals surface area contributed by atoms with Gasteiger partial charge in [-0.15, -0.1) is 0 Å². The molecule has 1 saturated carbocycles. The third-order valence-electron chi connectivity index (χ3n) is 6.57. The highest BCUT2D eigenvalue weighted by Crippen LogP contribution is 2.44. The van der Waals surface area contributed by atoms with Crippen molar-refractivity contribution in [3.63, 3.8) is 0 Å². The van der Waals surface area contributed by atoms with Gasteiger partial charge in [-0.1, -0.05) is 46.0 Å². The molecule has 2 aliphatic heterocycles. The van der Waals surface area contributed by atoms with Crippen LogP contribution in [0.1, 0.15) is 84.5 Å². The van der Waals surface area contributed by atoms with Gasteiger partial charge in [0.2, 0.25) is 0 Å². The molecule has 122 valence electrons. The maximum atomic E-state index is 3.91. The fraction of sp³-hybridized carbons (Fsp3) is 1.00. The lowest BCUT2D eigenvalue weighted by atomic mass is 9.69. The zero-order valence-electron chi connectivity index (χ0n) is 14.4. The summed E-state index contributed by atoms with van der Waals surface area (Å²) in [5.41, 5.74) is 1.21. The summed E-state index contributed by atoms with van der Waals surface area (Å²) >= 11 is 0. The molecule has 0 bridgehead atoms. The average Bonchev–Trinajstić information content (AvgIpc) is 2.45. The lowest BCUT2D eigenvalue weighted by Crippen LogP contribution is -2.64. The fourth-order valence-electron chi connectivity index (χ4n) is 5.63. The summed E-state index contributed by atoms with van der Waals surface area (Å²) in [5, 5.41) is 3.91. The molecule has 1 aliphatic carbocycles. The van der Waals surface area contributed by atoms with Crippen molar-refractivity contribution in [2.24, 2.45) is 5.41 Å². The predicted octanol–water partition coefficient (Wildman–Crippen LogP) is 4.34. The number of piperidine rings is 1. The van der Waals surface area contributed by atoms with Gasteiger partial charge in [0.05, 0.1) is 0 Å². The Bertz CT molecular complexity index is 313. The summed E-state index contributed by atoms with van der Waals surface area (Å²) in [4.78, 5) is 2.85. The Morgan fingerprint density at radius 1 is 1.00 bits per heavy atom. The maximum absolute atomic E-state index is 3.91. The largest absolute Gasteiger partial charge is 0.311 e. The van der Waals surface area contributed by atoms with Crippen LogP contribution in [0.25, 0.3) is 0 Å². The van der Waals surface area contributed by atoms with E-state index >= 15 is 0 Å². The second-order valence-corrected chi connectivity index (χ2v) is 8.32. The molecule has 3 rings (SSSR count). The second-order valence-electron chi connectivity index (χ2n) is 8.32. The van der Waals surface area contributed by atoms with Crippen molar-refractivity contribution in [1.29, 1.82) is 0 Å². The van der Waals surface area contributed by atoms with Gasteiger partial charge in [-0.05, 0) is 50.5 Å². The first-order valence-electron chi connectivity index (χ1n) is 9.70. The van der Waals surface area contributed by atoms with Gasteiger partial charge < -0.3 is 5.32 Å². The molecule has 2 saturated heterocycles. The highest BCUT2D eigenvalue weighted by atomic mass is 15.2. The Morgan fingerprint density at radius 2 is 1.67 bits per heavy atom. The molecule has 0 aromatic carbocycles. The van der Waals surface area contributed by atoms with Gasteiger partial charge in [0.1, 0.15) is 0 Å². The van der Waals surface area contributed by atoms with E-state index in [1.165, 1.54) is 90.3 Å². The van der Waals surface area contributed by atoms with E-state index in [1.807, 2.05) is 0 Å².